The molecule has 1 unspecified atom stereocenters. The van der Waals surface area contributed by atoms with Gasteiger partial charge in [-0.3, -0.25) is 18.8 Å². The van der Waals surface area contributed by atoms with Gasteiger partial charge in [0.25, 0.3) is 11.4 Å². The lowest BCUT2D eigenvalue weighted by Crippen LogP contribution is -2.34. The quantitative estimate of drug-likeness (QED) is 0.275. The molecule has 1 N–H and O–H groups in total. The second-order valence-electron chi connectivity index (χ2n) is 9.20. The van der Waals surface area contributed by atoms with Crippen LogP contribution in [0.1, 0.15) is 18.3 Å². The Morgan fingerprint density at radius 1 is 1.10 bits per heavy atom. The first-order chi connectivity index (χ1) is 19.3. The average molecular weight is 563 g/mol. The zero-order valence-corrected chi connectivity index (χ0v) is 23.1. The summed E-state index contributed by atoms with van der Waals surface area (Å²) in [4.78, 5) is 31.4. The smallest absolute Gasteiger partial charge is 0.258 e. The third kappa shape index (κ3) is 5.47. The summed E-state index contributed by atoms with van der Waals surface area (Å²) in [6, 6.07) is 11.1. The highest BCUT2D eigenvalue weighted by molar-refractivity contribution is 6.31. The summed E-state index contributed by atoms with van der Waals surface area (Å²) in [5, 5.41) is 12.5. The van der Waals surface area contributed by atoms with Crippen LogP contribution in [0.4, 0.5) is 5.69 Å². The molecule has 0 fully saturated rings. The maximum atomic E-state index is 13.5. The van der Waals surface area contributed by atoms with Crippen LogP contribution in [-0.2, 0) is 16.6 Å². The molecule has 0 saturated carbocycles. The van der Waals surface area contributed by atoms with Crippen molar-refractivity contribution in [3.05, 3.63) is 76.1 Å². The first-order valence-electron chi connectivity index (χ1n) is 12.4. The fraction of sp³-hybridized carbons (Fsp3) is 0.250. The lowest BCUT2D eigenvalue weighted by atomic mass is 9.99. The molecule has 12 heteroatoms. The summed E-state index contributed by atoms with van der Waals surface area (Å²) in [6.45, 7) is 1.97. The zero-order chi connectivity index (χ0) is 28.4. The normalized spacial score (nSPS) is 12.0. The molecular formula is C28H27ClN6O5. The third-order valence-electron chi connectivity index (χ3n) is 6.41. The highest BCUT2D eigenvalue weighted by Crippen LogP contribution is 2.38. The van der Waals surface area contributed by atoms with Crippen LogP contribution >= 0.6 is 11.6 Å². The van der Waals surface area contributed by atoms with Gasteiger partial charge >= 0.3 is 0 Å². The number of nitrogens with one attached hydrogen (secondary N) is 1. The Morgan fingerprint density at radius 2 is 1.93 bits per heavy atom. The SMILES string of the molecule is COCCC(C(=O)Nc1ccc2nn(C)cc2c1)n1cc(OC)c(-c2cc(Cl)ccc2-c2nc(C)no2)cc1=O. The number of hydrogen-bond donors (Lipinski definition) is 1. The summed E-state index contributed by atoms with van der Waals surface area (Å²) in [5.74, 6) is 0.722. The largest absolute Gasteiger partial charge is 0.495 e. The molecule has 206 valence electrons. The van der Waals surface area contributed by atoms with Crippen molar-refractivity contribution >= 4 is 34.1 Å². The van der Waals surface area contributed by atoms with Gasteiger partial charge in [0.1, 0.15) is 11.8 Å². The third-order valence-corrected chi connectivity index (χ3v) is 6.65. The fourth-order valence-electron chi connectivity index (χ4n) is 4.56. The molecule has 5 aromatic rings. The summed E-state index contributed by atoms with van der Waals surface area (Å²) in [6.07, 6.45) is 3.64. The highest BCUT2D eigenvalue weighted by atomic mass is 35.5. The molecule has 3 aromatic heterocycles. The number of hydrogen-bond acceptors (Lipinski definition) is 8. The van der Waals surface area contributed by atoms with Crippen LogP contribution in [0.3, 0.4) is 0 Å². The van der Waals surface area contributed by atoms with Gasteiger partial charge in [-0.1, -0.05) is 16.8 Å². The Balaban J connectivity index is 1.54. The molecule has 1 amide bonds. The number of aromatic nitrogens is 5. The number of halogens is 1. The number of methoxy groups -OCH3 is 2. The Morgan fingerprint density at radius 3 is 2.65 bits per heavy atom. The fourth-order valence-corrected chi connectivity index (χ4v) is 4.73. The number of amides is 1. The lowest BCUT2D eigenvalue weighted by molar-refractivity contribution is -0.119. The number of carbonyl (C=O) groups is 1. The monoisotopic (exact) mass is 562 g/mol. The number of ether oxygens (including phenoxy) is 2. The molecule has 2 aromatic carbocycles. The van der Waals surface area contributed by atoms with Crippen LogP contribution in [0.2, 0.25) is 5.02 Å². The van der Waals surface area contributed by atoms with Gasteiger partial charge in [-0.2, -0.15) is 10.1 Å². The molecule has 0 aliphatic rings. The molecule has 0 aliphatic heterocycles. The molecule has 5 rings (SSSR count). The van der Waals surface area contributed by atoms with Gasteiger partial charge in [-0.25, -0.2) is 0 Å². The van der Waals surface area contributed by atoms with Crippen molar-refractivity contribution < 1.29 is 18.8 Å². The van der Waals surface area contributed by atoms with E-state index in [1.54, 1.807) is 35.9 Å². The summed E-state index contributed by atoms with van der Waals surface area (Å²) in [7, 11) is 4.86. The van der Waals surface area contributed by atoms with Gasteiger partial charge in [0, 0.05) is 66.7 Å². The summed E-state index contributed by atoms with van der Waals surface area (Å²) in [5.41, 5.74) is 2.60. The van der Waals surface area contributed by atoms with Crippen LogP contribution in [0, 0.1) is 6.92 Å². The number of pyridine rings is 1. The minimum atomic E-state index is -0.877. The van der Waals surface area contributed by atoms with Crippen molar-refractivity contribution in [1.29, 1.82) is 0 Å². The van der Waals surface area contributed by atoms with Gasteiger partial charge in [0.15, 0.2) is 5.82 Å². The topological polar surface area (TPSA) is 126 Å². The predicted octanol–water partition coefficient (Wildman–Crippen LogP) is 4.64. The van der Waals surface area contributed by atoms with Gasteiger partial charge in [0.2, 0.25) is 5.91 Å². The summed E-state index contributed by atoms with van der Waals surface area (Å²) < 4.78 is 19.4. The van der Waals surface area contributed by atoms with Crippen molar-refractivity contribution in [3.8, 4) is 28.3 Å². The van der Waals surface area contributed by atoms with E-state index in [0.717, 1.165) is 10.9 Å². The van der Waals surface area contributed by atoms with E-state index in [9.17, 15) is 9.59 Å². The molecule has 0 saturated heterocycles. The van der Waals surface area contributed by atoms with Crippen molar-refractivity contribution in [1.82, 2.24) is 24.5 Å². The number of benzene rings is 2. The van der Waals surface area contributed by atoms with E-state index in [1.165, 1.54) is 31.0 Å². The first kappa shape index (κ1) is 27.1. The average Bonchev–Trinajstić information content (AvgIpc) is 3.53. The van der Waals surface area contributed by atoms with Crippen LogP contribution in [-0.4, -0.2) is 51.2 Å². The Bertz CT molecular complexity index is 1760. The van der Waals surface area contributed by atoms with E-state index in [0.29, 0.717) is 39.0 Å². The first-order valence-corrected chi connectivity index (χ1v) is 12.8. The highest BCUT2D eigenvalue weighted by Gasteiger charge is 2.25. The van der Waals surface area contributed by atoms with E-state index in [4.69, 9.17) is 25.6 Å². The second-order valence-corrected chi connectivity index (χ2v) is 9.64. The molecular weight excluding hydrogens is 536 g/mol. The van der Waals surface area contributed by atoms with Crippen molar-refractivity contribution in [2.75, 3.05) is 26.1 Å². The number of nitrogens with zero attached hydrogens (tertiary/aromatic N) is 5. The van der Waals surface area contributed by atoms with Crippen LogP contribution in [0.15, 0.2) is 64.2 Å². The second kappa shape index (κ2) is 11.3. The van der Waals surface area contributed by atoms with E-state index in [-0.39, 0.29) is 24.8 Å². The molecule has 0 bridgehead atoms. The van der Waals surface area contributed by atoms with Crippen molar-refractivity contribution in [2.24, 2.45) is 7.05 Å². The minimum absolute atomic E-state index is 0.254. The van der Waals surface area contributed by atoms with Crippen molar-refractivity contribution in [2.45, 2.75) is 19.4 Å². The minimum Gasteiger partial charge on any atom is -0.495 e. The standard InChI is InChI=1S/C28H27ClN6O5/c1-16-30-28(40-33-16)20-7-5-18(29)12-21(20)22-13-26(36)35(15-25(22)39-4)24(9-10-38-3)27(37)31-19-6-8-23-17(11-19)14-34(2)32-23/h5-8,11-15,24H,9-10H2,1-4H3,(H,31,37). The van der Waals surface area contributed by atoms with Crippen LogP contribution in [0.5, 0.6) is 5.75 Å². The Labute approximate surface area is 234 Å². The zero-order valence-electron chi connectivity index (χ0n) is 22.3. The van der Waals surface area contributed by atoms with E-state index in [1.807, 2.05) is 25.4 Å². The van der Waals surface area contributed by atoms with Gasteiger partial charge in [0.05, 0.1) is 18.8 Å². The molecule has 0 radical (unpaired) electrons. The predicted molar refractivity (Wildman–Crippen MR) is 151 cm³/mol. The van der Waals surface area contributed by atoms with Gasteiger partial charge in [-0.15, -0.1) is 0 Å². The lowest BCUT2D eigenvalue weighted by Gasteiger charge is -2.21. The molecule has 1 atom stereocenters. The van der Waals surface area contributed by atoms with Gasteiger partial charge in [-0.05, 0) is 48.9 Å². The van der Waals surface area contributed by atoms with E-state index in [2.05, 4.69) is 20.6 Å². The van der Waals surface area contributed by atoms with Gasteiger partial charge < -0.3 is 19.3 Å². The maximum absolute atomic E-state index is 13.5. The molecule has 11 nitrogen and oxygen atoms in total. The number of fused-ring (bicyclic) bond motifs is 1. The van der Waals surface area contributed by atoms with Crippen LogP contribution in [0.25, 0.3) is 33.5 Å². The summed E-state index contributed by atoms with van der Waals surface area (Å²) >= 11 is 6.33. The van der Waals surface area contributed by atoms with E-state index >= 15 is 0 Å². The number of anilines is 1. The number of carbonyl (C=O) groups excluding carboxylic acids is 1. The van der Waals surface area contributed by atoms with E-state index < -0.39 is 11.6 Å². The molecule has 0 spiro atoms. The van der Waals surface area contributed by atoms with Crippen molar-refractivity contribution in [3.63, 3.8) is 0 Å². The Kier molecular flexibility index (Phi) is 7.67. The molecule has 3 heterocycles. The number of aryl methyl sites for hydroxylation is 2. The maximum Gasteiger partial charge on any atom is 0.258 e. The van der Waals surface area contributed by atoms with Crippen LogP contribution < -0.4 is 15.6 Å². The number of rotatable bonds is 9. The Hall–Kier alpha value is -4.48. The molecule has 40 heavy (non-hydrogen) atoms. The molecule has 0 aliphatic carbocycles.